The van der Waals surface area contributed by atoms with Gasteiger partial charge in [0.1, 0.15) is 11.5 Å². The third-order valence-electron chi connectivity index (χ3n) is 3.14. The van der Waals surface area contributed by atoms with Crippen LogP contribution in [0, 0.1) is 5.82 Å². The molecule has 96 valence electrons. The minimum absolute atomic E-state index is 0.230. The van der Waals surface area contributed by atoms with Crippen molar-refractivity contribution < 1.29 is 4.39 Å². The van der Waals surface area contributed by atoms with E-state index in [2.05, 4.69) is 10.3 Å². The van der Waals surface area contributed by atoms with E-state index in [4.69, 9.17) is 0 Å². The molecule has 4 heteroatoms. The quantitative estimate of drug-likeness (QED) is 0.779. The molecule has 1 aromatic carbocycles. The molecule has 2 aromatic heterocycles. The van der Waals surface area contributed by atoms with Crippen molar-refractivity contribution in [1.82, 2.24) is 14.7 Å². The second kappa shape index (κ2) is 4.82. The van der Waals surface area contributed by atoms with Crippen LogP contribution in [0.5, 0.6) is 0 Å². The van der Waals surface area contributed by atoms with Gasteiger partial charge in [-0.1, -0.05) is 12.1 Å². The minimum atomic E-state index is -0.230. The molecule has 1 N–H and O–H groups in total. The van der Waals surface area contributed by atoms with Gasteiger partial charge in [-0.2, -0.15) is 0 Å². The third-order valence-corrected chi connectivity index (χ3v) is 3.14. The molecule has 0 fully saturated rings. The van der Waals surface area contributed by atoms with Crippen LogP contribution in [0.2, 0.25) is 0 Å². The maximum atomic E-state index is 13.6. The number of rotatable bonds is 3. The van der Waals surface area contributed by atoms with Crippen molar-refractivity contribution in [2.45, 2.75) is 6.54 Å². The number of hydrogen-bond donors (Lipinski definition) is 1. The van der Waals surface area contributed by atoms with Gasteiger partial charge in [-0.3, -0.25) is 4.40 Å². The summed E-state index contributed by atoms with van der Waals surface area (Å²) in [5.41, 5.74) is 3.75. The van der Waals surface area contributed by atoms with Crippen LogP contribution in [0.1, 0.15) is 5.56 Å². The Morgan fingerprint density at radius 2 is 2.16 bits per heavy atom. The lowest BCUT2D eigenvalue weighted by molar-refractivity contribution is 0.627. The highest BCUT2D eigenvalue weighted by molar-refractivity contribution is 5.67. The predicted molar refractivity (Wildman–Crippen MR) is 73.3 cm³/mol. The molecule has 0 radical (unpaired) electrons. The van der Waals surface area contributed by atoms with E-state index in [1.807, 2.05) is 41.9 Å². The monoisotopic (exact) mass is 255 g/mol. The lowest BCUT2D eigenvalue weighted by atomic mass is 10.0. The summed E-state index contributed by atoms with van der Waals surface area (Å²) in [5, 5.41) is 3.11. The van der Waals surface area contributed by atoms with E-state index in [0.29, 0.717) is 6.54 Å². The van der Waals surface area contributed by atoms with Gasteiger partial charge in [-0.05, 0) is 36.9 Å². The first kappa shape index (κ1) is 11.9. The molecule has 0 unspecified atom stereocenters. The second-order valence-corrected chi connectivity index (χ2v) is 4.40. The van der Waals surface area contributed by atoms with Crippen LogP contribution in [0.3, 0.4) is 0 Å². The number of hydrogen-bond acceptors (Lipinski definition) is 2. The van der Waals surface area contributed by atoms with Crippen molar-refractivity contribution in [1.29, 1.82) is 0 Å². The molecule has 3 aromatic rings. The van der Waals surface area contributed by atoms with Gasteiger partial charge in [-0.25, -0.2) is 9.37 Å². The first-order valence-electron chi connectivity index (χ1n) is 6.15. The first-order valence-corrected chi connectivity index (χ1v) is 6.15. The van der Waals surface area contributed by atoms with Crippen LogP contribution in [0.25, 0.3) is 16.9 Å². The van der Waals surface area contributed by atoms with Gasteiger partial charge in [0.25, 0.3) is 0 Å². The van der Waals surface area contributed by atoms with Crippen LogP contribution < -0.4 is 5.32 Å². The molecular weight excluding hydrogens is 241 g/mol. The van der Waals surface area contributed by atoms with E-state index in [1.54, 1.807) is 12.3 Å². The fourth-order valence-corrected chi connectivity index (χ4v) is 2.30. The summed E-state index contributed by atoms with van der Waals surface area (Å²) in [6.45, 7) is 0.695. The van der Waals surface area contributed by atoms with Crippen molar-refractivity contribution >= 4 is 5.65 Å². The zero-order valence-corrected chi connectivity index (χ0v) is 10.6. The van der Waals surface area contributed by atoms with Gasteiger partial charge in [0, 0.05) is 24.5 Å². The van der Waals surface area contributed by atoms with Crippen LogP contribution in [-0.2, 0) is 6.54 Å². The number of halogens is 1. The number of fused-ring (bicyclic) bond motifs is 1. The van der Waals surface area contributed by atoms with E-state index in [-0.39, 0.29) is 5.82 Å². The smallest absolute Gasteiger partial charge is 0.137 e. The van der Waals surface area contributed by atoms with Gasteiger partial charge >= 0.3 is 0 Å². The predicted octanol–water partition coefficient (Wildman–Crippen LogP) is 2.86. The molecule has 3 rings (SSSR count). The van der Waals surface area contributed by atoms with E-state index >= 15 is 0 Å². The maximum Gasteiger partial charge on any atom is 0.137 e. The minimum Gasteiger partial charge on any atom is -0.316 e. The Kier molecular flexibility index (Phi) is 3.01. The number of aromatic nitrogens is 2. The molecule has 0 aliphatic heterocycles. The van der Waals surface area contributed by atoms with E-state index in [0.717, 1.165) is 22.5 Å². The van der Waals surface area contributed by atoms with E-state index in [1.165, 1.54) is 6.07 Å². The number of benzene rings is 1. The molecule has 0 saturated carbocycles. The van der Waals surface area contributed by atoms with Crippen LogP contribution in [0.15, 0.2) is 48.8 Å². The van der Waals surface area contributed by atoms with Crippen LogP contribution >= 0.6 is 0 Å². The molecule has 0 aliphatic carbocycles. The van der Waals surface area contributed by atoms with Crippen molar-refractivity contribution in [3.8, 4) is 11.3 Å². The summed E-state index contributed by atoms with van der Waals surface area (Å²) >= 11 is 0. The second-order valence-electron chi connectivity index (χ2n) is 4.40. The average Bonchev–Trinajstić information content (AvgIpc) is 2.89. The fourth-order valence-electron chi connectivity index (χ4n) is 2.30. The molecule has 0 atom stereocenters. The number of nitrogens with one attached hydrogen (secondary N) is 1. The molecule has 0 saturated heterocycles. The van der Waals surface area contributed by atoms with Gasteiger partial charge in [0.05, 0.1) is 5.69 Å². The van der Waals surface area contributed by atoms with Gasteiger partial charge in [-0.15, -0.1) is 0 Å². The molecule has 19 heavy (non-hydrogen) atoms. The van der Waals surface area contributed by atoms with Crippen LogP contribution in [-0.4, -0.2) is 16.4 Å². The zero-order chi connectivity index (χ0) is 13.2. The highest BCUT2D eigenvalue weighted by Gasteiger charge is 2.09. The van der Waals surface area contributed by atoms with Crippen molar-refractivity contribution in [2.24, 2.45) is 0 Å². The molecule has 0 spiro atoms. The maximum absolute atomic E-state index is 13.6. The van der Waals surface area contributed by atoms with E-state index in [9.17, 15) is 4.39 Å². The fraction of sp³-hybridized carbons (Fsp3) is 0.133. The normalized spacial score (nSPS) is 11.1. The van der Waals surface area contributed by atoms with Crippen molar-refractivity contribution in [3.05, 3.63) is 60.2 Å². The zero-order valence-electron chi connectivity index (χ0n) is 10.6. The summed E-state index contributed by atoms with van der Waals surface area (Å²) < 4.78 is 15.5. The lowest BCUT2D eigenvalue weighted by Crippen LogP contribution is -2.07. The average molecular weight is 255 g/mol. The Hall–Kier alpha value is -2.20. The van der Waals surface area contributed by atoms with E-state index < -0.39 is 0 Å². The molecule has 0 bridgehead atoms. The Labute approximate surface area is 110 Å². The molecule has 3 nitrogen and oxygen atoms in total. The molecule has 0 aliphatic rings. The third kappa shape index (κ3) is 2.11. The molecule has 0 amide bonds. The molecular formula is C15H14FN3. The van der Waals surface area contributed by atoms with Crippen LogP contribution in [0.4, 0.5) is 4.39 Å². The topological polar surface area (TPSA) is 29.3 Å². The largest absolute Gasteiger partial charge is 0.316 e. The first-order chi connectivity index (χ1) is 9.29. The Balaban J connectivity index is 2.25. The van der Waals surface area contributed by atoms with Crippen molar-refractivity contribution in [3.63, 3.8) is 0 Å². The number of nitrogens with zero attached hydrogens (tertiary/aromatic N) is 2. The van der Waals surface area contributed by atoms with Crippen molar-refractivity contribution in [2.75, 3.05) is 7.05 Å². The van der Waals surface area contributed by atoms with Gasteiger partial charge < -0.3 is 5.32 Å². The highest BCUT2D eigenvalue weighted by Crippen LogP contribution is 2.25. The highest BCUT2D eigenvalue weighted by atomic mass is 19.1. The van der Waals surface area contributed by atoms with Gasteiger partial charge in [0.2, 0.25) is 0 Å². The Morgan fingerprint density at radius 1 is 1.26 bits per heavy atom. The SMILES string of the molecule is CNCc1ccc(F)cc1-c1cccc2nccn12. The Bertz CT molecular complexity index is 718. The number of pyridine rings is 1. The summed E-state index contributed by atoms with van der Waals surface area (Å²) in [6.07, 6.45) is 3.63. The lowest BCUT2D eigenvalue weighted by Gasteiger charge is -2.11. The summed E-state index contributed by atoms with van der Waals surface area (Å²) in [4.78, 5) is 4.26. The number of imidazole rings is 1. The summed E-state index contributed by atoms with van der Waals surface area (Å²) in [5.74, 6) is -0.230. The van der Waals surface area contributed by atoms with Gasteiger partial charge in [0.15, 0.2) is 0 Å². The summed E-state index contributed by atoms with van der Waals surface area (Å²) in [7, 11) is 1.88. The Morgan fingerprint density at radius 3 is 3.00 bits per heavy atom. The standard InChI is InChI=1S/C15H14FN3/c1-17-10-11-5-6-12(16)9-13(11)14-3-2-4-15-18-7-8-19(14)15/h2-9,17H,10H2,1H3. The molecule has 2 heterocycles. The summed E-state index contributed by atoms with van der Waals surface area (Å²) in [6, 6.07) is 10.7.